The lowest BCUT2D eigenvalue weighted by molar-refractivity contribution is 0.131. The van der Waals surface area contributed by atoms with Crippen molar-refractivity contribution in [2.75, 3.05) is 19.6 Å². The van der Waals surface area contributed by atoms with Gasteiger partial charge in [-0.2, -0.15) is 0 Å². The van der Waals surface area contributed by atoms with Crippen LogP contribution in [-0.2, 0) is 0 Å². The molecule has 0 amide bonds. The Balaban J connectivity index is 2.03. The third-order valence-electron chi connectivity index (χ3n) is 4.34. The number of piperidine rings is 1. The maximum Gasteiger partial charge on any atom is 0.141 e. The van der Waals surface area contributed by atoms with Crippen LogP contribution in [0.25, 0.3) is 0 Å². The molecule has 1 unspecified atom stereocenters. The van der Waals surface area contributed by atoms with Gasteiger partial charge in [-0.15, -0.1) is 0 Å². The summed E-state index contributed by atoms with van der Waals surface area (Å²) in [5.41, 5.74) is 6.96. The van der Waals surface area contributed by atoms with Crippen molar-refractivity contribution in [2.24, 2.45) is 11.7 Å². The first-order valence-corrected chi connectivity index (χ1v) is 7.92. The zero-order valence-corrected chi connectivity index (χ0v) is 12.9. The summed E-state index contributed by atoms with van der Waals surface area (Å²) in [4.78, 5) is 2.41. The van der Waals surface area contributed by atoms with E-state index in [4.69, 9.17) is 17.3 Å². The summed E-state index contributed by atoms with van der Waals surface area (Å²) in [5.74, 6) is 0.485. The van der Waals surface area contributed by atoms with Gasteiger partial charge in [0.25, 0.3) is 0 Å². The molecule has 2 nitrogen and oxygen atoms in total. The first-order chi connectivity index (χ1) is 9.65. The summed E-state index contributed by atoms with van der Waals surface area (Å²) in [6, 6.07) is 5.10. The lowest BCUT2D eigenvalue weighted by atomic mass is 9.91. The molecule has 1 heterocycles. The highest BCUT2D eigenvalue weighted by molar-refractivity contribution is 6.30. The second-order valence-electron chi connectivity index (χ2n) is 5.69. The third-order valence-corrected chi connectivity index (χ3v) is 4.63. The molecule has 1 aliphatic heterocycles. The molecule has 0 saturated carbocycles. The summed E-state index contributed by atoms with van der Waals surface area (Å²) in [7, 11) is 0. The lowest BCUT2D eigenvalue weighted by Crippen LogP contribution is -2.39. The van der Waals surface area contributed by atoms with Gasteiger partial charge in [0.05, 0.1) is 5.02 Å². The van der Waals surface area contributed by atoms with E-state index >= 15 is 0 Å². The van der Waals surface area contributed by atoms with Crippen molar-refractivity contribution in [1.29, 1.82) is 0 Å². The zero-order valence-electron chi connectivity index (χ0n) is 12.1. The van der Waals surface area contributed by atoms with Crippen LogP contribution in [0.3, 0.4) is 0 Å². The van der Waals surface area contributed by atoms with E-state index in [0.717, 1.165) is 24.6 Å². The molecule has 112 valence electrons. The summed E-state index contributed by atoms with van der Waals surface area (Å²) in [5, 5.41) is 0.182. The molecule has 20 heavy (non-hydrogen) atoms. The minimum absolute atomic E-state index is 0.149. The van der Waals surface area contributed by atoms with Crippen molar-refractivity contribution < 1.29 is 4.39 Å². The fourth-order valence-electron chi connectivity index (χ4n) is 3.18. The van der Waals surface area contributed by atoms with Gasteiger partial charge in [0.15, 0.2) is 0 Å². The third kappa shape index (κ3) is 3.72. The van der Waals surface area contributed by atoms with E-state index in [1.807, 2.05) is 0 Å². The highest BCUT2D eigenvalue weighted by atomic mass is 35.5. The number of halogens is 2. The molecule has 4 heteroatoms. The highest BCUT2D eigenvalue weighted by Crippen LogP contribution is 2.29. The van der Waals surface area contributed by atoms with Gasteiger partial charge in [-0.3, -0.25) is 4.90 Å². The number of nitrogens with two attached hydrogens (primary N) is 1. The van der Waals surface area contributed by atoms with Gasteiger partial charge in [-0.1, -0.05) is 37.4 Å². The normalized spacial score (nSPS) is 19.2. The maximum absolute atomic E-state index is 13.3. The van der Waals surface area contributed by atoms with Gasteiger partial charge in [-0.05, 0) is 49.5 Å². The molecular formula is C16H24ClFN2. The first kappa shape index (κ1) is 15.7. The average Bonchev–Trinajstić information content (AvgIpc) is 2.46. The van der Waals surface area contributed by atoms with E-state index in [0.29, 0.717) is 6.54 Å². The van der Waals surface area contributed by atoms with E-state index in [2.05, 4.69) is 11.8 Å². The molecule has 0 aromatic heterocycles. The summed E-state index contributed by atoms with van der Waals surface area (Å²) < 4.78 is 13.3. The standard InChI is InChI=1S/C16H24ClFN2/c1-2-3-12-6-8-20(9-7-12)16(11-19)13-4-5-15(18)14(17)10-13/h4-5,10,12,16H,2-3,6-9,11,19H2,1H3. The van der Waals surface area contributed by atoms with Crippen LogP contribution in [0, 0.1) is 11.7 Å². The van der Waals surface area contributed by atoms with Crippen LogP contribution in [0.4, 0.5) is 4.39 Å². The van der Waals surface area contributed by atoms with Gasteiger partial charge in [0.1, 0.15) is 5.82 Å². The topological polar surface area (TPSA) is 29.3 Å². The Kier molecular flexibility index (Phi) is 5.82. The van der Waals surface area contributed by atoms with E-state index in [1.54, 1.807) is 12.1 Å². The quantitative estimate of drug-likeness (QED) is 0.890. The predicted octanol–water partition coefficient (Wildman–Crippen LogP) is 3.99. The zero-order chi connectivity index (χ0) is 14.5. The number of hydrogen-bond acceptors (Lipinski definition) is 2. The SMILES string of the molecule is CCCC1CCN(C(CN)c2ccc(F)c(Cl)c2)CC1. The molecule has 1 fully saturated rings. The molecule has 0 radical (unpaired) electrons. The second-order valence-corrected chi connectivity index (χ2v) is 6.10. The summed E-state index contributed by atoms with van der Waals surface area (Å²) in [6.45, 7) is 4.93. The van der Waals surface area contributed by atoms with E-state index in [-0.39, 0.29) is 16.9 Å². The first-order valence-electron chi connectivity index (χ1n) is 7.54. The molecule has 1 saturated heterocycles. The van der Waals surface area contributed by atoms with Crippen molar-refractivity contribution >= 4 is 11.6 Å². The molecule has 2 N–H and O–H groups in total. The Bertz CT molecular complexity index is 430. The highest BCUT2D eigenvalue weighted by Gasteiger charge is 2.25. The van der Waals surface area contributed by atoms with Crippen molar-refractivity contribution in [3.63, 3.8) is 0 Å². The maximum atomic E-state index is 13.3. The van der Waals surface area contributed by atoms with Crippen molar-refractivity contribution in [3.8, 4) is 0 Å². The number of rotatable bonds is 5. The molecule has 1 aromatic carbocycles. The molecular weight excluding hydrogens is 275 g/mol. The Morgan fingerprint density at radius 2 is 2.10 bits per heavy atom. The smallest absolute Gasteiger partial charge is 0.141 e. The fraction of sp³-hybridized carbons (Fsp3) is 0.625. The van der Waals surface area contributed by atoms with Crippen LogP contribution in [0.1, 0.15) is 44.2 Å². The van der Waals surface area contributed by atoms with Gasteiger partial charge in [0.2, 0.25) is 0 Å². The van der Waals surface area contributed by atoms with E-state index < -0.39 is 0 Å². The summed E-state index contributed by atoms with van der Waals surface area (Å²) >= 11 is 5.88. The van der Waals surface area contributed by atoms with Crippen LogP contribution in [0.5, 0.6) is 0 Å². The Labute approximate surface area is 126 Å². The van der Waals surface area contributed by atoms with Gasteiger partial charge in [-0.25, -0.2) is 4.39 Å². The van der Waals surface area contributed by atoms with Crippen LogP contribution >= 0.6 is 11.6 Å². The number of likely N-dealkylation sites (tertiary alicyclic amines) is 1. The number of hydrogen-bond donors (Lipinski definition) is 1. The van der Waals surface area contributed by atoms with Crippen molar-refractivity contribution in [2.45, 2.75) is 38.6 Å². The Morgan fingerprint density at radius 1 is 1.40 bits per heavy atom. The summed E-state index contributed by atoms with van der Waals surface area (Å²) in [6.07, 6.45) is 5.06. The molecule has 1 aromatic rings. The number of benzene rings is 1. The predicted molar refractivity (Wildman–Crippen MR) is 82.4 cm³/mol. The molecule has 1 atom stereocenters. The van der Waals surface area contributed by atoms with Crippen molar-refractivity contribution in [3.05, 3.63) is 34.6 Å². The van der Waals surface area contributed by atoms with Gasteiger partial charge < -0.3 is 5.73 Å². The molecule has 0 bridgehead atoms. The fourth-order valence-corrected chi connectivity index (χ4v) is 3.37. The van der Waals surface area contributed by atoms with E-state index in [1.165, 1.54) is 31.7 Å². The second kappa shape index (κ2) is 7.39. The molecule has 0 spiro atoms. The molecule has 2 rings (SSSR count). The largest absolute Gasteiger partial charge is 0.329 e. The van der Waals surface area contributed by atoms with Crippen LogP contribution in [0.15, 0.2) is 18.2 Å². The van der Waals surface area contributed by atoms with Crippen LogP contribution < -0.4 is 5.73 Å². The Hall–Kier alpha value is -0.640. The Morgan fingerprint density at radius 3 is 2.65 bits per heavy atom. The van der Waals surface area contributed by atoms with E-state index in [9.17, 15) is 4.39 Å². The lowest BCUT2D eigenvalue weighted by Gasteiger charge is -2.37. The minimum Gasteiger partial charge on any atom is -0.329 e. The van der Waals surface area contributed by atoms with Crippen LogP contribution in [-0.4, -0.2) is 24.5 Å². The number of nitrogens with zero attached hydrogens (tertiary/aromatic N) is 1. The molecule has 0 aliphatic carbocycles. The van der Waals surface area contributed by atoms with Crippen molar-refractivity contribution in [1.82, 2.24) is 4.90 Å². The minimum atomic E-state index is -0.368. The van der Waals surface area contributed by atoms with Gasteiger partial charge in [0, 0.05) is 12.6 Å². The monoisotopic (exact) mass is 298 g/mol. The van der Waals surface area contributed by atoms with Crippen LogP contribution in [0.2, 0.25) is 5.02 Å². The molecule has 1 aliphatic rings. The van der Waals surface area contributed by atoms with Gasteiger partial charge >= 0.3 is 0 Å². The average molecular weight is 299 g/mol.